The van der Waals surface area contributed by atoms with Gasteiger partial charge in [0.05, 0.1) is 11.1 Å². The number of hydrogen-bond acceptors (Lipinski definition) is 5. The first-order valence-electron chi connectivity index (χ1n) is 3.02. The SMILES string of the molecule is O=[N+]([O-])c1cccnc1C=NO. The second-order valence-corrected chi connectivity index (χ2v) is 1.91. The molecule has 0 unspecified atom stereocenters. The van der Waals surface area contributed by atoms with Crippen LogP contribution in [0.5, 0.6) is 0 Å². The average Bonchev–Trinajstić information content (AvgIpc) is 2.05. The van der Waals surface area contributed by atoms with E-state index in [1.165, 1.54) is 18.3 Å². The highest BCUT2D eigenvalue weighted by Gasteiger charge is 2.11. The molecule has 1 heterocycles. The summed E-state index contributed by atoms with van der Waals surface area (Å²) in [6, 6.07) is 2.72. The zero-order valence-electron chi connectivity index (χ0n) is 5.91. The van der Waals surface area contributed by atoms with E-state index < -0.39 is 4.92 Å². The Labute approximate surface area is 67.3 Å². The van der Waals surface area contributed by atoms with Crippen molar-refractivity contribution in [1.29, 1.82) is 0 Å². The second-order valence-electron chi connectivity index (χ2n) is 1.91. The van der Waals surface area contributed by atoms with Crippen LogP contribution in [0, 0.1) is 10.1 Å². The lowest BCUT2D eigenvalue weighted by atomic mass is 10.3. The Morgan fingerprint density at radius 3 is 3.08 bits per heavy atom. The van der Waals surface area contributed by atoms with Crippen molar-refractivity contribution in [1.82, 2.24) is 4.98 Å². The molecule has 0 aliphatic rings. The number of nitrogens with zero attached hydrogens (tertiary/aromatic N) is 3. The van der Waals surface area contributed by atoms with Gasteiger partial charge < -0.3 is 5.21 Å². The molecular weight excluding hydrogens is 162 g/mol. The fourth-order valence-electron chi connectivity index (χ4n) is 0.718. The third kappa shape index (κ3) is 1.54. The maximum atomic E-state index is 10.3. The zero-order chi connectivity index (χ0) is 8.97. The molecular formula is C6H5N3O3. The molecule has 1 aromatic heterocycles. The highest BCUT2D eigenvalue weighted by Crippen LogP contribution is 2.12. The molecule has 0 atom stereocenters. The number of aromatic nitrogens is 1. The monoisotopic (exact) mass is 167 g/mol. The Kier molecular flexibility index (Phi) is 2.32. The molecule has 1 aromatic rings. The minimum absolute atomic E-state index is 0.0324. The van der Waals surface area contributed by atoms with E-state index in [1.807, 2.05) is 0 Å². The maximum Gasteiger partial charge on any atom is 0.296 e. The summed E-state index contributed by atoms with van der Waals surface area (Å²) in [4.78, 5) is 13.4. The molecule has 0 bridgehead atoms. The highest BCUT2D eigenvalue weighted by molar-refractivity contribution is 5.81. The zero-order valence-corrected chi connectivity index (χ0v) is 5.91. The fraction of sp³-hybridized carbons (Fsp3) is 0. The van der Waals surface area contributed by atoms with Crippen LogP contribution in [0.3, 0.4) is 0 Å². The number of oxime groups is 1. The van der Waals surface area contributed by atoms with Crippen LogP contribution in [0.1, 0.15) is 5.69 Å². The van der Waals surface area contributed by atoms with E-state index in [9.17, 15) is 10.1 Å². The third-order valence-electron chi connectivity index (χ3n) is 1.19. The predicted molar refractivity (Wildman–Crippen MR) is 40.3 cm³/mol. The summed E-state index contributed by atoms with van der Waals surface area (Å²) in [5.41, 5.74) is -0.152. The number of hydrogen-bond donors (Lipinski definition) is 1. The number of pyridine rings is 1. The van der Waals surface area contributed by atoms with Gasteiger partial charge in [-0.2, -0.15) is 0 Å². The Bertz CT molecular complexity index is 324. The van der Waals surface area contributed by atoms with Crippen LogP contribution in [0.15, 0.2) is 23.5 Å². The molecule has 6 heteroatoms. The first-order chi connectivity index (χ1) is 5.75. The lowest BCUT2D eigenvalue weighted by Crippen LogP contribution is -1.96. The predicted octanol–water partition coefficient (Wildman–Crippen LogP) is 0.798. The van der Waals surface area contributed by atoms with E-state index in [0.29, 0.717) is 0 Å². The van der Waals surface area contributed by atoms with Crippen molar-refractivity contribution in [3.05, 3.63) is 34.1 Å². The molecule has 6 nitrogen and oxygen atoms in total. The number of nitro groups is 1. The number of rotatable bonds is 2. The molecule has 0 spiro atoms. The second kappa shape index (κ2) is 3.42. The first kappa shape index (κ1) is 8.12. The molecule has 0 aliphatic carbocycles. The molecule has 0 saturated heterocycles. The van der Waals surface area contributed by atoms with Gasteiger partial charge in [0.2, 0.25) is 0 Å². The topological polar surface area (TPSA) is 88.6 Å². The Morgan fingerprint density at radius 2 is 2.50 bits per heavy atom. The van der Waals surface area contributed by atoms with Crippen molar-refractivity contribution >= 4 is 11.9 Å². The van der Waals surface area contributed by atoms with E-state index in [4.69, 9.17) is 5.21 Å². The van der Waals surface area contributed by atoms with Crippen molar-refractivity contribution in [2.45, 2.75) is 0 Å². The Balaban J connectivity index is 3.17. The molecule has 0 fully saturated rings. The molecule has 12 heavy (non-hydrogen) atoms. The van der Waals surface area contributed by atoms with Gasteiger partial charge in [0.25, 0.3) is 5.69 Å². The van der Waals surface area contributed by atoms with Gasteiger partial charge in [0.15, 0.2) is 5.69 Å². The molecule has 0 aliphatic heterocycles. The van der Waals surface area contributed by atoms with Crippen LogP contribution in [0.25, 0.3) is 0 Å². The average molecular weight is 167 g/mol. The van der Waals surface area contributed by atoms with Crippen molar-refractivity contribution in [2.75, 3.05) is 0 Å². The van der Waals surface area contributed by atoms with Crippen LogP contribution >= 0.6 is 0 Å². The summed E-state index contributed by atoms with van der Waals surface area (Å²) in [6.45, 7) is 0. The standard InChI is InChI=1S/C6H5N3O3/c10-8-4-5-6(9(11)12)2-1-3-7-5/h1-4,10H. The molecule has 0 amide bonds. The summed E-state index contributed by atoms with van der Waals surface area (Å²) < 4.78 is 0. The van der Waals surface area contributed by atoms with Crippen LogP contribution in [0.4, 0.5) is 5.69 Å². The summed E-state index contributed by atoms with van der Waals surface area (Å²) in [7, 11) is 0. The molecule has 0 aromatic carbocycles. The van der Waals surface area contributed by atoms with Gasteiger partial charge >= 0.3 is 0 Å². The third-order valence-corrected chi connectivity index (χ3v) is 1.19. The molecule has 1 N–H and O–H groups in total. The summed E-state index contributed by atoms with van der Waals surface area (Å²) >= 11 is 0. The van der Waals surface area contributed by atoms with Gasteiger partial charge in [-0.1, -0.05) is 5.16 Å². The summed E-state index contributed by atoms with van der Waals surface area (Å²) in [6.07, 6.45) is 2.29. The minimum Gasteiger partial charge on any atom is -0.411 e. The largest absolute Gasteiger partial charge is 0.411 e. The lowest BCUT2D eigenvalue weighted by Gasteiger charge is -1.92. The van der Waals surface area contributed by atoms with Crippen LogP contribution in [0.2, 0.25) is 0 Å². The first-order valence-corrected chi connectivity index (χ1v) is 3.02. The minimum atomic E-state index is -0.593. The van der Waals surface area contributed by atoms with Crippen molar-refractivity contribution in [3.63, 3.8) is 0 Å². The van der Waals surface area contributed by atoms with E-state index in [-0.39, 0.29) is 11.4 Å². The van der Waals surface area contributed by atoms with Crippen LogP contribution < -0.4 is 0 Å². The van der Waals surface area contributed by atoms with Crippen molar-refractivity contribution in [3.8, 4) is 0 Å². The fourth-order valence-corrected chi connectivity index (χ4v) is 0.718. The van der Waals surface area contributed by atoms with Crippen LogP contribution in [-0.2, 0) is 0 Å². The summed E-state index contributed by atoms with van der Waals surface area (Å²) in [5, 5.41) is 21.1. The lowest BCUT2D eigenvalue weighted by molar-refractivity contribution is -0.385. The van der Waals surface area contributed by atoms with Gasteiger partial charge in [-0.25, -0.2) is 4.98 Å². The van der Waals surface area contributed by atoms with Gasteiger partial charge in [0, 0.05) is 12.3 Å². The quantitative estimate of drug-likeness (QED) is 0.305. The van der Waals surface area contributed by atoms with E-state index in [0.717, 1.165) is 6.21 Å². The Hall–Kier alpha value is -1.98. The molecule has 0 radical (unpaired) electrons. The molecule has 62 valence electrons. The van der Waals surface area contributed by atoms with Gasteiger partial charge in [0.1, 0.15) is 0 Å². The van der Waals surface area contributed by atoms with Gasteiger partial charge in [-0.3, -0.25) is 10.1 Å². The molecule has 1 rings (SSSR count). The van der Waals surface area contributed by atoms with Gasteiger partial charge in [-0.15, -0.1) is 0 Å². The van der Waals surface area contributed by atoms with E-state index >= 15 is 0 Å². The summed E-state index contributed by atoms with van der Waals surface area (Å²) in [5.74, 6) is 0. The van der Waals surface area contributed by atoms with Gasteiger partial charge in [-0.05, 0) is 6.07 Å². The van der Waals surface area contributed by atoms with Crippen molar-refractivity contribution in [2.24, 2.45) is 5.16 Å². The highest BCUT2D eigenvalue weighted by atomic mass is 16.6. The normalized spacial score (nSPS) is 10.3. The maximum absolute atomic E-state index is 10.3. The van der Waals surface area contributed by atoms with Crippen LogP contribution in [-0.4, -0.2) is 21.3 Å². The smallest absolute Gasteiger partial charge is 0.296 e. The molecule has 0 saturated carbocycles. The van der Waals surface area contributed by atoms with E-state index in [2.05, 4.69) is 10.1 Å². The van der Waals surface area contributed by atoms with E-state index in [1.54, 1.807) is 0 Å². The Morgan fingerprint density at radius 1 is 1.75 bits per heavy atom. The van der Waals surface area contributed by atoms with Crippen molar-refractivity contribution < 1.29 is 10.1 Å².